The molecule has 0 aromatic carbocycles. The number of rotatable bonds is 10. The zero-order valence-corrected chi connectivity index (χ0v) is 11.1. The number of carbonyl (C=O) groups is 4. The fourth-order valence-electron chi connectivity index (χ4n) is 1.95. The van der Waals surface area contributed by atoms with E-state index in [0.717, 1.165) is 0 Å². The average Bonchev–Trinajstić information content (AvgIpc) is 2.26. The third kappa shape index (κ3) is 5.00. The lowest BCUT2D eigenvalue weighted by Crippen LogP contribution is -2.69. The molecule has 21 heavy (non-hydrogen) atoms. The smallest absolute Gasteiger partial charge is 0.125 e. The van der Waals surface area contributed by atoms with E-state index in [4.69, 9.17) is 0 Å². The lowest BCUT2D eigenvalue weighted by Gasteiger charge is -2.44. The molecule has 2 unspecified atom stereocenters. The minimum Gasteiger partial charge on any atom is -0.549 e. The van der Waals surface area contributed by atoms with Crippen molar-refractivity contribution in [2.45, 2.75) is 31.4 Å². The van der Waals surface area contributed by atoms with E-state index < -0.39 is 55.0 Å². The number of aliphatic hydroxyl groups is 1. The van der Waals surface area contributed by atoms with Crippen molar-refractivity contribution in [1.29, 1.82) is 0 Å². The predicted octanol–water partition coefficient (Wildman–Crippen LogP) is -6.81. The van der Waals surface area contributed by atoms with Gasteiger partial charge in [0.1, 0.15) is 5.60 Å². The monoisotopic (exact) mass is 303 g/mol. The summed E-state index contributed by atoms with van der Waals surface area (Å²) in [5, 5.41) is 53.2. The summed E-state index contributed by atoms with van der Waals surface area (Å²) in [5.41, 5.74) is -3.03. The van der Waals surface area contributed by atoms with Crippen molar-refractivity contribution in [3.8, 4) is 0 Å². The molecular weight excluding hydrogens is 290 g/mol. The Bertz CT molecular complexity index is 419. The van der Waals surface area contributed by atoms with Crippen LogP contribution in [-0.2, 0) is 19.2 Å². The molecule has 10 nitrogen and oxygen atoms in total. The molecule has 0 aromatic heterocycles. The van der Waals surface area contributed by atoms with Crippen LogP contribution in [0.1, 0.15) is 19.8 Å². The van der Waals surface area contributed by atoms with Gasteiger partial charge in [-0.3, -0.25) is 4.90 Å². The number of carboxylic acids is 4. The van der Waals surface area contributed by atoms with E-state index in [1.54, 1.807) is 0 Å². The van der Waals surface area contributed by atoms with Gasteiger partial charge in [-0.15, -0.1) is 0 Å². The topological polar surface area (TPSA) is 184 Å². The number of hydrogen-bond donors (Lipinski definition) is 1. The van der Waals surface area contributed by atoms with Gasteiger partial charge in [0.15, 0.2) is 0 Å². The highest BCUT2D eigenvalue weighted by Gasteiger charge is 2.42. The molecular formula is C11H13NO9-4. The van der Waals surface area contributed by atoms with Gasteiger partial charge >= 0.3 is 0 Å². The zero-order valence-electron chi connectivity index (χ0n) is 11.1. The van der Waals surface area contributed by atoms with E-state index in [0.29, 0.717) is 0 Å². The molecule has 0 heterocycles. The molecule has 0 bridgehead atoms. The van der Waals surface area contributed by atoms with Crippen molar-refractivity contribution in [2.75, 3.05) is 13.1 Å². The number of carboxylic acid groups (broad SMARTS) is 4. The summed E-state index contributed by atoms with van der Waals surface area (Å²) in [6.45, 7) is -1.10. The largest absolute Gasteiger partial charge is 0.549 e. The fraction of sp³-hybridized carbons (Fsp3) is 0.636. The van der Waals surface area contributed by atoms with E-state index in [1.807, 2.05) is 0 Å². The van der Waals surface area contributed by atoms with Crippen LogP contribution in [0.4, 0.5) is 0 Å². The highest BCUT2D eigenvalue weighted by molar-refractivity contribution is 5.87. The van der Waals surface area contributed by atoms with E-state index in [-0.39, 0.29) is 11.3 Å². The van der Waals surface area contributed by atoms with E-state index in [1.165, 1.54) is 6.92 Å². The van der Waals surface area contributed by atoms with E-state index in [2.05, 4.69) is 0 Å². The highest BCUT2D eigenvalue weighted by Crippen LogP contribution is 2.22. The Morgan fingerprint density at radius 2 is 1.48 bits per heavy atom. The molecule has 10 heteroatoms. The molecule has 0 aliphatic carbocycles. The molecule has 0 radical (unpaired) electrons. The highest BCUT2D eigenvalue weighted by atomic mass is 16.4. The Hall–Kier alpha value is -2.20. The summed E-state index contributed by atoms with van der Waals surface area (Å²) in [7, 11) is 0. The Balaban J connectivity index is 5.76. The molecule has 0 rings (SSSR count). The third-order valence-electron chi connectivity index (χ3n) is 2.69. The van der Waals surface area contributed by atoms with Crippen LogP contribution in [-0.4, -0.2) is 58.6 Å². The normalized spacial score (nSPS) is 15.2. The summed E-state index contributed by atoms with van der Waals surface area (Å²) in [4.78, 5) is 43.4. The molecule has 0 saturated heterocycles. The van der Waals surface area contributed by atoms with Gasteiger partial charge in [0.05, 0.1) is 29.9 Å². The molecule has 1 N–H and O–H groups in total. The van der Waals surface area contributed by atoms with E-state index >= 15 is 0 Å². The first-order chi connectivity index (χ1) is 9.56. The summed E-state index contributed by atoms with van der Waals surface area (Å²) >= 11 is 0. The molecule has 120 valence electrons. The minimum absolute atomic E-state index is 0.00125. The van der Waals surface area contributed by atoms with Crippen LogP contribution < -0.4 is 20.4 Å². The van der Waals surface area contributed by atoms with Gasteiger partial charge in [0, 0.05) is 13.1 Å². The first-order valence-corrected chi connectivity index (χ1v) is 5.84. The molecule has 0 amide bonds. The first kappa shape index (κ1) is 18.8. The molecule has 2 atom stereocenters. The molecule has 0 aliphatic rings. The van der Waals surface area contributed by atoms with Gasteiger partial charge in [-0.1, -0.05) is 13.3 Å². The number of nitrogens with zero attached hydrogens (tertiary/aromatic N) is 1. The van der Waals surface area contributed by atoms with Crippen LogP contribution in [0.5, 0.6) is 0 Å². The van der Waals surface area contributed by atoms with Crippen molar-refractivity contribution in [1.82, 2.24) is 4.90 Å². The Labute approximate surface area is 119 Å². The number of aliphatic carboxylic acids is 4. The number of carbonyl (C=O) groups excluding carboxylic acids is 4. The average molecular weight is 303 g/mol. The lowest BCUT2D eigenvalue weighted by molar-refractivity contribution is -0.344. The van der Waals surface area contributed by atoms with Crippen LogP contribution >= 0.6 is 0 Å². The Kier molecular flexibility index (Phi) is 6.76. The molecule has 0 aliphatic heterocycles. The van der Waals surface area contributed by atoms with Crippen molar-refractivity contribution in [2.24, 2.45) is 0 Å². The quantitative estimate of drug-likeness (QED) is 0.406. The van der Waals surface area contributed by atoms with Crippen LogP contribution in [0.25, 0.3) is 0 Å². The van der Waals surface area contributed by atoms with Gasteiger partial charge in [-0.25, -0.2) is 0 Å². The molecule has 0 saturated carbocycles. The van der Waals surface area contributed by atoms with Crippen molar-refractivity contribution in [3.63, 3.8) is 0 Å². The van der Waals surface area contributed by atoms with E-state index in [9.17, 15) is 44.7 Å². The fourth-order valence-corrected chi connectivity index (χ4v) is 1.95. The van der Waals surface area contributed by atoms with Gasteiger partial charge in [-0.2, -0.15) is 0 Å². The zero-order chi connectivity index (χ0) is 16.8. The van der Waals surface area contributed by atoms with Crippen LogP contribution in [0.2, 0.25) is 0 Å². The minimum atomic E-state index is -3.03. The van der Waals surface area contributed by atoms with Gasteiger partial charge in [0.2, 0.25) is 0 Å². The van der Waals surface area contributed by atoms with Gasteiger partial charge < -0.3 is 44.7 Å². The second-order valence-electron chi connectivity index (χ2n) is 4.33. The summed E-state index contributed by atoms with van der Waals surface area (Å²) in [5.74, 6) is -8.11. The van der Waals surface area contributed by atoms with Crippen LogP contribution in [0.3, 0.4) is 0 Å². The Morgan fingerprint density at radius 3 is 1.71 bits per heavy atom. The third-order valence-corrected chi connectivity index (χ3v) is 2.69. The van der Waals surface area contributed by atoms with Gasteiger partial charge in [0.25, 0.3) is 0 Å². The summed E-state index contributed by atoms with van der Waals surface area (Å²) in [6.07, 6.45) is -0.622. The van der Waals surface area contributed by atoms with Crippen molar-refractivity contribution < 1.29 is 44.7 Å². The standard InChI is InChI=1S/C11H17NO9/c1-2-3-11(21,10(19)20)8(9(17)18)12(4-6(13)14)5-7(15)16/h8,21H,2-5H2,1H3,(H,13,14)(H,15,16)(H,17,18)(H,19,20)/p-4. The second-order valence-corrected chi connectivity index (χ2v) is 4.33. The first-order valence-electron chi connectivity index (χ1n) is 5.84. The predicted molar refractivity (Wildman–Crippen MR) is 55.2 cm³/mol. The summed E-state index contributed by atoms with van der Waals surface area (Å²) in [6, 6.07) is -2.46. The Morgan fingerprint density at radius 1 is 1.05 bits per heavy atom. The maximum absolute atomic E-state index is 11.1. The van der Waals surface area contributed by atoms with Gasteiger partial charge in [-0.05, 0) is 6.42 Å². The van der Waals surface area contributed by atoms with Crippen LogP contribution in [0.15, 0.2) is 0 Å². The molecule has 0 aromatic rings. The maximum atomic E-state index is 11.1. The lowest BCUT2D eigenvalue weighted by atomic mass is 9.88. The molecule has 0 fully saturated rings. The van der Waals surface area contributed by atoms with Crippen LogP contribution in [0, 0.1) is 0 Å². The second kappa shape index (κ2) is 7.55. The van der Waals surface area contributed by atoms with Crippen molar-refractivity contribution >= 4 is 23.9 Å². The molecule has 0 spiro atoms. The van der Waals surface area contributed by atoms with Crippen molar-refractivity contribution in [3.05, 3.63) is 0 Å². The summed E-state index contributed by atoms with van der Waals surface area (Å²) < 4.78 is 0. The SMILES string of the molecule is CCCC(O)(C(=O)[O-])C(C(=O)[O-])N(CC(=O)[O-])CC(=O)[O-]. The maximum Gasteiger partial charge on any atom is 0.125 e. The number of hydrogen-bond acceptors (Lipinski definition) is 10.